The van der Waals surface area contributed by atoms with Gasteiger partial charge in [0.05, 0.1) is 18.2 Å². The van der Waals surface area contributed by atoms with Crippen molar-refractivity contribution in [1.29, 1.82) is 0 Å². The average molecular weight is 297 g/mol. The predicted octanol–water partition coefficient (Wildman–Crippen LogP) is 0.976. The van der Waals surface area contributed by atoms with Gasteiger partial charge in [0.2, 0.25) is 5.91 Å². The van der Waals surface area contributed by atoms with Gasteiger partial charge < -0.3 is 10.0 Å². The van der Waals surface area contributed by atoms with Gasteiger partial charge in [0, 0.05) is 32.6 Å². The van der Waals surface area contributed by atoms with Crippen LogP contribution in [-0.2, 0) is 17.8 Å². The molecule has 0 radical (unpaired) electrons. The maximum absolute atomic E-state index is 11.6. The SMILES string of the molecule is CC(O)C1CCN(Cc2csc(CC(=O)N(C)C)n2)C1. The number of hydrogen-bond donors (Lipinski definition) is 1. The first kappa shape index (κ1) is 15.4. The summed E-state index contributed by atoms with van der Waals surface area (Å²) in [6.07, 6.45) is 1.20. The quantitative estimate of drug-likeness (QED) is 0.880. The fraction of sp³-hybridized carbons (Fsp3) is 0.714. The monoisotopic (exact) mass is 297 g/mol. The molecule has 1 aromatic heterocycles. The third kappa shape index (κ3) is 4.01. The minimum atomic E-state index is -0.233. The summed E-state index contributed by atoms with van der Waals surface area (Å²) in [5, 5.41) is 12.5. The second-order valence-electron chi connectivity index (χ2n) is 5.72. The second kappa shape index (κ2) is 6.65. The van der Waals surface area contributed by atoms with Crippen molar-refractivity contribution in [3.05, 3.63) is 16.1 Å². The van der Waals surface area contributed by atoms with Gasteiger partial charge in [0.1, 0.15) is 5.01 Å². The van der Waals surface area contributed by atoms with Crippen molar-refractivity contribution in [3.8, 4) is 0 Å². The molecule has 1 aliphatic heterocycles. The van der Waals surface area contributed by atoms with Crippen molar-refractivity contribution < 1.29 is 9.90 Å². The van der Waals surface area contributed by atoms with Gasteiger partial charge in [-0.25, -0.2) is 4.98 Å². The third-order valence-corrected chi connectivity index (χ3v) is 4.67. The Kier molecular flexibility index (Phi) is 5.12. The first-order valence-corrected chi connectivity index (χ1v) is 7.87. The van der Waals surface area contributed by atoms with Crippen molar-refractivity contribution in [2.75, 3.05) is 27.2 Å². The maximum Gasteiger partial charge on any atom is 0.228 e. The van der Waals surface area contributed by atoms with E-state index in [0.717, 1.165) is 36.8 Å². The van der Waals surface area contributed by atoms with Gasteiger partial charge in [-0.05, 0) is 25.8 Å². The van der Waals surface area contributed by atoms with E-state index in [1.807, 2.05) is 12.3 Å². The van der Waals surface area contributed by atoms with Gasteiger partial charge in [-0.15, -0.1) is 11.3 Å². The van der Waals surface area contributed by atoms with Crippen LogP contribution in [-0.4, -0.2) is 59.1 Å². The lowest BCUT2D eigenvalue weighted by molar-refractivity contribution is -0.127. The minimum absolute atomic E-state index is 0.0845. The minimum Gasteiger partial charge on any atom is -0.393 e. The molecule has 0 saturated carbocycles. The lowest BCUT2D eigenvalue weighted by Crippen LogP contribution is -2.24. The number of carbonyl (C=O) groups excluding carboxylic acids is 1. The molecule has 1 amide bonds. The van der Waals surface area contributed by atoms with Crippen molar-refractivity contribution in [2.24, 2.45) is 5.92 Å². The van der Waals surface area contributed by atoms with Gasteiger partial charge in [-0.3, -0.25) is 9.69 Å². The van der Waals surface area contributed by atoms with E-state index in [-0.39, 0.29) is 12.0 Å². The molecule has 1 fully saturated rings. The number of aromatic nitrogens is 1. The number of nitrogens with zero attached hydrogens (tertiary/aromatic N) is 3. The molecule has 112 valence electrons. The van der Waals surface area contributed by atoms with E-state index >= 15 is 0 Å². The summed E-state index contributed by atoms with van der Waals surface area (Å²) in [5.74, 6) is 0.463. The van der Waals surface area contributed by atoms with E-state index in [1.165, 1.54) is 0 Å². The number of aliphatic hydroxyl groups is 1. The Morgan fingerprint density at radius 2 is 2.40 bits per heavy atom. The van der Waals surface area contributed by atoms with Crippen LogP contribution in [0.5, 0.6) is 0 Å². The fourth-order valence-corrected chi connectivity index (χ4v) is 3.20. The van der Waals surface area contributed by atoms with E-state index in [2.05, 4.69) is 9.88 Å². The number of likely N-dealkylation sites (tertiary alicyclic amines) is 1. The first-order valence-electron chi connectivity index (χ1n) is 6.99. The molecule has 0 bridgehead atoms. The molecule has 2 rings (SSSR count). The number of rotatable bonds is 5. The Bertz CT molecular complexity index is 459. The number of hydrogen-bond acceptors (Lipinski definition) is 5. The maximum atomic E-state index is 11.6. The summed E-state index contributed by atoms with van der Waals surface area (Å²) in [6, 6.07) is 0. The number of amides is 1. The molecule has 5 nitrogen and oxygen atoms in total. The highest BCUT2D eigenvalue weighted by Crippen LogP contribution is 2.22. The number of carbonyl (C=O) groups is 1. The highest BCUT2D eigenvalue weighted by Gasteiger charge is 2.26. The first-order chi connectivity index (χ1) is 9.45. The zero-order chi connectivity index (χ0) is 14.7. The van der Waals surface area contributed by atoms with Crippen LogP contribution >= 0.6 is 11.3 Å². The van der Waals surface area contributed by atoms with Crippen molar-refractivity contribution >= 4 is 17.2 Å². The molecule has 1 saturated heterocycles. The van der Waals surface area contributed by atoms with E-state index < -0.39 is 0 Å². The van der Waals surface area contributed by atoms with Gasteiger partial charge in [-0.1, -0.05) is 0 Å². The smallest absolute Gasteiger partial charge is 0.228 e. The van der Waals surface area contributed by atoms with Crippen molar-refractivity contribution in [2.45, 2.75) is 32.4 Å². The van der Waals surface area contributed by atoms with Crippen LogP contribution in [0.2, 0.25) is 0 Å². The van der Waals surface area contributed by atoms with E-state index in [9.17, 15) is 9.90 Å². The second-order valence-corrected chi connectivity index (χ2v) is 6.66. The van der Waals surface area contributed by atoms with Crippen LogP contribution in [0.1, 0.15) is 24.0 Å². The zero-order valence-electron chi connectivity index (χ0n) is 12.4. The zero-order valence-corrected chi connectivity index (χ0v) is 13.2. The standard InChI is InChI=1S/C14H23N3O2S/c1-10(18)11-4-5-17(7-11)8-12-9-20-13(15-12)6-14(19)16(2)3/h9-11,18H,4-8H2,1-3H3. The normalized spacial score (nSPS) is 21.1. The molecule has 6 heteroatoms. The Balaban J connectivity index is 1.86. The van der Waals surface area contributed by atoms with Gasteiger partial charge in [0.25, 0.3) is 0 Å². The lowest BCUT2D eigenvalue weighted by Gasteiger charge is -2.16. The highest BCUT2D eigenvalue weighted by molar-refractivity contribution is 7.09. The van der Waals surface area contributed by atoms with Crippen LogP contribution in [0.25, 0.3) is 0 Å². The van der Waals surface area contributed by atoms with Gasteiger partial charge >= 0.3 is 0 Å². The number of likely N-dealkylation sites (N-methyl/N-ethyl adjacent to an activating group) is 1. The molecule has 2 unspecified atom stereocenters. The topological polar surface area (TPSA) is 56.7 Å². The molecule has 1 N–H and O–H groups in total. The predicted molar refractivity (Wildman–Crippen MR) is 79.6 cm³/mol. The van der Waals surface area contributed by atoms with Crippen molar-refractivity contribution in [1.82, 2.24) is 14.8 Å². The van der Waals surface area contributed by atoms with Crippen LogP contribution in [0.4, 0.5) is 0 Å². The molecule has 20 heavy (non-hydrogen) atoms. The van der Waals surface area contributed by atoms with Crippen LogP contribution in [0.15, 0.2) is 5.38 Å². The Labute approximate surface area is 124 Å². The fourth-order valence-electron chi connectivity index (χ4n) is 2.42. The van der Waals surface area contributed by atoms with Crippen LogP contribution < -0.4 is 0 Å². The summed E-state index contributed by atoms with van der Waals surface area (Å²) < 4.78 is 0. The van der Waals surface area contributed by atoms with E-state index in [1.54, 1.807) is 30.3 Å². The largest absolute Gasteiger partial charge is 0.393 e. The Morgan fingerprint density at radius 1 is 1.65 bits per heavy atom. The molecular formula is C14H23N3O2S. The molecule has 1 aliphatic rings. The van der Waals surface area contributed by atoms with Gasteiger partial charge in [0.15, 0.2) is 0 Å². The third-order valence-electron chi connectivity index (χ3n) is 3.78. The van der Waals surface area contributed by atoms with Crippen molar-refractivity contribution in [3.63, 3.8) is 0 Å². The van der Waals surface area contributed by atoms with E-state index in [4.69, 9.17) is 0 Å². The molecule has 0 aliphatic carbocycles. The summed E-state index contributed by atoms with van der Waals surface area (Å²) in [6.45, 7) is 4.62. The molecule has 0 spiro atoms. The Hall–Kier alpha value is -0.980. The van der Waals surface area contributed by atoms with Crippen LogP contribution in [0.3, 0.4) is 0 Å². The lowest BCUT2D eigenvalue weighted by atomic mass is 10.0. The number of aliphatic hydroxyl groups excluding tert-OH is 1. The summed E-state index contributed by atoms with van der Waals surface area (Å²) in [4.78, 5) is 20.1. The summed E-state index contributed by atoms with van der Waals surface area (Å²) in [5.41, 5.74) is 1.03. The summed E-state index contributed by atoms with van der Waals surface area (Å²) in [7, 11) is 3.52. The van der Waals surface area contributed by atoms with Gasteiger partial charge in [-0.2, -0.15) is 0 Å². The molecule has 2 atom stereocenters. The van der Waals surface area contributed by atoms with E-state index in [0.29, 0.717) is 12.3 Å². The highest BCUT2D eigenvalue weighted by atomic mass is 32.1. The molecule has 2 heterocycles. The molecule has 0 aromatic carbocycles. The summed E-state index contributed by atoms with van der Waals surface area (Å²) >= 11 is 1.55. The Morgan fingerprint density at radius 3 is 3.00 bits per heavy atom. The molecule has 1 aromatic rings. The number of thiazole rings is 1. The van der Waals surface area contributed by atoms with Crippen LogP contribution in [0, 0.1) is 5.92 Å². The average Bonchev–Trinajstić information content (AvgIpc) is 2.99. The molecular weight excluding hydrogens is 274 g/mol.